The Morgan fingerprint density at radius 1 is 1.00 bits per heavy atom. The lowest BCUT2D eigenvalue weighted by Crippen LogP contribution is -2.20. The number of carbonyl (C=O) groups is 1. The van der Waals surface area contributed by atoms with Gasteiger partial charge in [-0.1, -0.05) is 41.1 Å². The second-order valence-corrected chi connectivity index (χ2v) is 9.39. The van der Waals surface area contributed by atoms with Crippen LogP contribution in [0.4, 0.5) is 0 Å². The van der Waals surface area contributed by atoms with Gasteiger partial charge in [0.2, 0.25) is 0 Å². The average molecular weight is 552 g/mol. The molecule has 0 spiro atoms. The van der Waals surface area contributed by atoms with Crippen molar-refractivity contribution >= 4 is 35.5 Å². The molecule has 38 heavy (non-hydrogen) atoms. The minimum atomic E-state index is -0.316. The number of ether oxygens (including phenoxy) is 3. The molecule has 11 heteroatoms. The Labute approximate surface area is 229 Å². The van der Waals surface area contributed by atoms with Crippen LogP contribution in [0.2, 0.25) is 5.02 Å². The van der Waals surface area contributed by atoms with E-state index in [1.54, 1.807) is 31.4 Å². The predicted molar refractivity (Wildman–Crippen MR) is 149 cm³/mol. The summed E-state index contributed by atoms with van der Waals surface area (Å²) in [5.74, 6) is 1.96. The number of hydrogen-bond acceptors (Lipinski definition) is 8. The number of hydrogen-bond donors (Lipinski definition) is 1. The molecule has 0 radical (unpaired) electrons. The molecule has 0 fully saturated rings. The number of nitrogens with zero attached hydrogens (tertiary/aromatic N) is 4. The third-order valence-corrected chi connectivity index (χ3v) is 6.68. The number of rotatable bonds is 10. The number of aromatic nitrogens is 3. The van der Waals surface area contributed by atoms with Gasteiger partial charge in [0, 0.05) is 28.4 Å². The fourth-order valence-corrected chi connectivity index (χ4v) is 4.44. The van der Waals surface area contributed by atoms with E-state index in [1.807, 2.05) is 47.9 Å². The van der Waals surface area contributed by atoms with E-state index in [0.29, 0.717) is 38.8 Å². The molecule has 196 valence electrons. The predicted octanol–water partition coefficient (Wildman–Crippen LogP) is 5.16. The molecule has 4 rings (SSSR count). The van der Waals surface area contributed by atoms with E-state index in [-0.39, 0.29) is 11.7 Å². The quantitative estimate of drug-likeness (QED) is 0.165. The van der Waals surface area contributed by atoms with E-state index in [1.165, 1.54) is 32.2 Å². The lowest BCUT2D eigenvalue weighted by molar-refractivity contribution is -0.118. The largest absolute Gasteiger partial charge is 0.496 e. The molecule has 0 saturated heterocycles. The molecule has 1 heterocycles. The number of hydrazone groups is 1. The fourth-order valence-electron chi connectivity index (χ4n) is 3.57. The monoisotopic (exact) mass is 551 g/mol. The molecule has 0 bridgehead atoms. The highest BCUT2D eigenvalue weighted by Gasteiger charge is 2.18. The first kappa shape index (κ1) is 27.0. The third-order valence-electron chi connectivity index (χ3n) is 5.50. The number of nitrogens with one attached hydrogen (secondary N) is 1. The second-order valence-electron chi connectivity index (χ2n) is 8.01. The molecule has 3 aromatic carbocycles. The van der Waals surface area contributed by atoms with Crippen molar-refractivity contribution in [3.8, 4) is 34.3 Å². The van der Waals surface area contributed by atoms with Gasteiger partial charge in [-0.15, -0.1) is 10.2 Å². The number of benzene rings is 3. The number of aryl methyl sites for hydroxylation is 1. The van der Waals surface area contributed by atoms with E-state index in [4.69, 9.17) is 25.8 Å². The number of methoxy groups -OCH3 is 3. The van der Waals surface area contributed by atoms with E-state index >= 15 is 0 Å². The van der Waals surface area contributed by atoms with E-state index in [9.17, 15) is 4.79 Å². The lowest BCUT2D eigenvalue weighted by atomic mass is 10.2. The van der Waals surface area contributed by atoms with Gasteiger partial charge in [0.1, 0.15) is 17.2 Å². The highest BCUT2D eigenvalue weighted by atomic mass is 35.5. The Kier molecular flexibility index (Phi) is 8.88. The van der Waals surface area contributed by atoms with Gasteiger partial charge in [0.05, 0.1) is 38.9 Å². The summed E-state index contributed by atoms with van der Waals surface area (Å²) < 4.78 is 18.0. The Balaban J connectivity index is 1.51. The van der Waals surface area contributed by atoms with Gasteiger partial charge in [-0.05, 0) is 43.3 Å². The van der Waals surface area contributed by atoms with Crippen molar-refractivity contribution < 1.29 is 19.0 Å². The highest BCUT2D eigenvalue weighted by molar-refractivity contribution is 7.99. The van der Waals surface area contributed by atoms with Crippen LogP contribution < -0.4 is 19.6 Å². The zero-order valence-electron chi connectivity index (χ0n) is 21.3. The zero-order valence-corrected chi connectivity index (χ0v) is 22.8. The van der Waals surface area contributed by atoms with Gasteiger partial charge in [0.15, 0.2) is 11.0 Å². The van der Waals surface area contributed by atoms with Crippen molar-refractivity contribution in [2.45, 2.75) is 12.1 Å². The van der Waals surface area contributed by atoms with Crippen molar-refractivity contribution in [2.24, 2.45) is 5.10 Å². The van der Waals surface area contributed by atoms with E-state index < -0.39 is 0 Å². The summed E-state index contributed by atoms with van der Waals surface area (Å²) >= 11 is 7.32. The number of thioether (sulfide) groups is 1. The number of carbonyl (C=O) groups excluding carboxylic acids is 1. The molecule has 0 aliphatic rings. The molecule has 1 amide bonds. The number of amides is 1. The minimum absolute atomic E-state index is 0.0683. The lowest BCUT2D eigenvalue weighted by Gasteiger charge is -2.12. The Hall–Kier alpha value is -4.02. The molecule has 0 saturated carbocycles. The average Bonchev–Trinajstić information content (AvgIpc) is 3.36. The van der Waals surface area contributed by atoms with Crippen LogP contribution in [0.15, 0.2) is 70.9 Å². The summed E-state index contributed by atoms with van der Waals surface area (Å²) in [5, 5.41) is 14.0. The molecule has 0 atom stereocenters. The van der Waals surface area contributed by atoms with Gasteiger partial charge in [-0.2, -0.15) is 5.10 Å². The minimum Gasteiger partial charge on any atom is -0.496 e. The highest BCUT2D eigenvalue weighted by Crippen LogP contribution is 2.33. The summed E-state index contributed by atoms with van der Waals surface area (Å²) in [6.45, 7) is 2.02. The second kappa shape index (κ2) is 12.5. The van der Waals surface area contributed by atoms with Gasteiger partial charge in [0.25, 0.3) is 5.91 Å². The maximum Gasteiger partial charge on any atom is 0.250 e. The van der Waals surface area contributed by atoms with Crippen LogP contribution in [0.3, 0.4) is 0 Å². The molecule has 9 nitrogen and oxygen atoms in total. The standard InChI is InChI=1S/C27H26ClN5O4S/c1-17-5-11-20(12-6-17)33-26(18-7-9-19(28)10-8-18)31-32-27(33)38-16-25(34)30-29-15-22-23(36-3)13-21(35-2)14-24(22)37-4/h5-15H,16H2,1-4H3,(H,30,34). The van der Waals surface area contributed by atoms with Crippen molar-refractivity contribution in [1.82, 2.24) is 20.2 Å². The molecule has 1 aromatic heterocycles. The zero-order chi connectivity index (χ0) is 27.1. The van der Waals surface area contributed by atoms with Gasteiger partial charge in [-0.3, -0.25) is 9.36 Å². The molecule has 0 unspecified atom stereocenters. The number of halogens is 1. The van der Waals surface area contributed by atoms with E-state index in [0.717, 1.165) is 16.8 Å². The first-order valence-corrected chi connectivity index (χ1v) is 12.8. The maximum atomic E-state index is 12.6. The van der Waals surface area contributed by atoms with Crippen molar-refractivity contribution in [2.75, 3.05) is 27.1 Å². The molecule has 4 aromatic rings. The molecule has 0 aliphatic heterocycles. The van der Waals surface area contributed by atoms with Crippen LogP contribution in [0, 0.1) is 6.92 Å². The van der Waals surface area contributed by atoms with Gasteiger partial charge >= 0.3 is 0 Å². The molecular formula is C27H26ClN5O4S. The summed E-state index contributed by atoms with van der Waals surface area (Å²) in [6.07, 6.45) is 1.47. The normalized spacial score (nSPS) is 11.0. The fraction of sp³-hybridized carbons (Fsp3) is 0.185. The smallest absolute Gasteiger partial charge is 0.250 e. The molecule has 1 N–H and O–H groups in total. The summed E-state index contributed by atoms with van der Waals surface area (Å²) in [5.41, 5.74) is 5.97. The van der Waals surface area contributed by atoms with Crippen LogP contribution >= 0.6 is 23.4 Å². The maximum absolute atomic E-state index is 12.6. The van der Waals surface area contributed by atoms with Crippen LogP contribution in [-0.4, -0.2) is 54.0 Å². The summed E-state index contributed by atoms with van der Waals surface area (Å²) in [4.78, 5) is 12.6. The summed E-state index contributed by atoms with van der Waals surface area (Å²) in [7, 11) is 4.62. The van der Waals surface area contributed by atoms with Crippen molar-refractivity contribution in [3.63, 3.8) is 0 Å². The summed E-state index contributed by atoms with van der Waals surface area (Å²) in [6, 6.07) is 18.8. The first-order valence-electron chi connectivity index (χ1n) is 11.5. The van der Waals surface area contributed by atoms with Gasteiger partial charge in [-0.25, -0.2) is 5.43 Å². The van der Waals surface area contributed by atoms with Crippen LogP contribution in [-0.2, 0) is 4.79 Å². The van der Waals surface area contributed by atoms with Crippen LogP contribution in [0.25, 0.3) is 17.1 Å². The Morgan fingerprint density at radius 2 is 1.66 bits per heavy atom. The Bertz CT molecular complexity index is 1410. The van der Waals surface area contributed by atoms with Crippen LogP contribution in [0.1, 0.15) is 11.1 Å². The third kappa shape index (κ3) is 6.27. The van der Waals surface area contributed by atoms with Crippen molar-refractivity contribution in [3.05, 3.63) is 76.8 Å². The van der Waals surface area contributed by atoms with Crippen molar-refractivity contribution in [1.29, 1.82) is 0 Å². The Morgan fingerprint density at radius 3 is 2.26 bits per heavy atom. The van der Waals surface area contributed by atoms with E-state index in [2.05, 4.69) is 20.7 Å². The molecular weight excluding hydrogens is 526 g/mol. The van der Waals surface area contributed by atoms with Gasteiger partial charge < -0.3 is 14.2 Å². The van der Waals surface area contributed by atoms with Crippen LogP contribution in [0.5, 0.6) is 17.2 Å². The first-order chi connectivity index (χ1) is 18.4. The molecule has 0 aliphatic carbocycles. The topological polar surface area (TPSA) is 99.9 Å². The SMILES string of the molecule is COc1cc(OC)c(C=NNC(=O)CSc2nnc(-c3ccc(Cl)cc3)n2-c2ccc(C)cc2)c(OC)c1.